The van der Waals surface area contributed by atoms with E-state index in [0.717, 1.165) is 12.0 Å². The lowest BCUT2D eigenvalue weighted by Crippen LogP contribution is -2.36. The average molecular weight is 391 g/mol. The maximum atomic E-state index is 14.2. The Balaban J connectivity index is 1.58. The van der Waals surface area contributed by atoms with Gasteiger partial charge < -0.3 is 4.90 Å². The number of benzene rings is 2. The standard InChI is InChI=1S/C23H16ClFN2O/c24-20-7-4-16-10-12-27(15-19(16)14-20)23(28)18-6-9-22(25)17(13-18)5-8-21-3-1-2-11-26-21/h1-4,6-7,9,11,13-14H,10,12,15H2. The summed E-state index contributed by atoms with van der Waals surface area (Å²) in [5.41, 5.74) is 3.39. The lowest BCUT2D eigenvalue weighted by molar-refractivity contribution is 0.0734. The third-order valence-electron chi connectivity index (χ3n) is 4.67. The zero-order chi connectivity index (χ0) is 19.5. The number of halogens is 2. The minimum atomic E-state index is -0.462. The summed E-state index contributed by atoms with van der Waals surface area (Å²) in [4.78, 5) is 18.8. The van der Waals surface area contributed by atoms with Crippen molar-refractivity contribution in [3.63, 3.8) is 0 Å². The summed E-state index contributed by atoms with van der Waals surface area (Å²) < 4.78 is 14.2. The van der Waals surface area contributed by atoms with Gasteiger partial charge in [-0.15, -0.1) is 0 Å². The van der Waals surface area contributed by atoms with Crippen molar-refractivity contribution in [2.75, 3.05) is 6.54 Å². The van der Waals surface area contributed by atoms with Crippen molar-refractivity contribution in [3.8, 4) is 11.8 Å². The molecule has 0 aliphatic carbocycles. The molecule has 4 rings (SSSR count). The van der Waals surface area contributed by atoms with Crippen molar-refractivity contribution < 1.29 is 9.18 Å². The Kier molecular flexibility index (Phi) is 5.10. The first-order chi connectivity index (χ1) is 13.6. The number of carbonyl (C=O) groups excluding carboxylic acids is 1. The fraction of sp³-hybridized carbons (Fsp3) is 0.130. The summed E-state index contributed by atoms with van der Waals surface area (Å²) >= 11 is 6.08. The number of aromatic nitrogens is 1. The zero-order valence-electron chi connectivity index (χ0n) is 15.0. The predicted molar refractivity (Wildman–Crippen MR) is 107 cm³/mol. The number of hydrogen-bond acceptors (Lipinski definition) is 2. The minimum absolute atomic E-state index is 0.147. The van der Waals surface area contributed by atoms with Crippen LogP contribution in [0.3, 0.4) is 0 Å². The Morgan fingerprint density at radius 3 is 2.79 bits per heavy atom. The Hall–Kier alpha value is -3.16. The van der Waals surface area contributed by atoms with E-state index in [0.29, 0.717) is 29.4 Å². The van der Waals surface area contributed by atoms with E-state index >= 15 is 0 Å². The van der Waals surface area contributed by atoms with E-state index in [1.54, 1.807) is 23.2 Å². The van der Waals surface area contributed by atoms with Crippen LogP contribution in [0, 0.1) is 17.7 Å². The quantitative estimate of drug-likeness (QED) is 0.574. The fourth-order valence-electron chi connectivity index (χ4n) is 3.20. The molecule has 0 atom stereocenters. The van der Waals surface area contributed by atoms with Crippen LogP contribution < -0.4 is 0 Å². The predicted octanol–water partition coefficient (Wildman–Crippen LogP) is 4.47. The van der Waals surface area contributed by atoms with Crippen LogP contribution in [0.2, 0.25) is 5.02 Å². The SMILES string of the molecule is O=C(c1ccc(F)c(C#Cc2ccccn2)c1)N1CCc2ccc(Cl)cc2C1. The summed E-state index contributed by atoms with van der Waals surface area (Å²) in [6.45, 7) is 1.10. The largest absolute Gasteiger partial charge is 0.334 e. The molecule has 0 radical (unpaired) electrons. The van der Waals surface area contributed by atoms with Gasteiger partial charge in [-0.1, -0.05) is 29.7 Å². The second kappa shape index (κ2) is 7.84. The molecule has 2 heterocycles. The molecule has 1 aliphatic heterocycles. The van der Waals surface area contributed by atoms with E-state index in [-0.39, 0.29) is 11.5 Å². The number of pyridine rings is 1. The third-order valence-corrected chi connectivity index (χ3v) is 4.91. The van der Waals surface area contributed by atoms with Crippen molar-refractivity contribution in [3.05, 3.63) is 99.6 Å². The molecule has 2 aromatic carbocycles. The van der Waals surface area contributed by atoms with Crippen molar-refractivity contribution >= 4 is 17.5 Å². The van der Waals surface area contributed by atoms with Gasteiger partial charge in [0, 0.05) is 29.9 Å². The van der Waals surface area contributed by atoms with E-state index in [2.05, 4.69) is 16.8 Å². The van der Waals surface area contributed by atoms with E-state index in [1.165, 1.54) is 23.8 Å². The van der Waals surface area contributed by atoms with Crippen molar-refractivity contribution in [2.24, 2.45) is 0 Å². The van der Waals surface area contributed by atoms with E-state index < -0.39 is 5.82 Å². The number of carbonyl (C=O) groups is 1. The highest BCUT2D eigenvalue weighted by Crippen LogP contribution is 2.24. The fourth-order valence-corrected chi connectivity index (χ4v) is 3.40. The van der Waals surface area contributed by atoms with E-state index in [4.69, 9.17) is 11.6 Å². The van der Waals surface area contributed by atoms with Crippen LogP contribution >= 0.6 is 11.6 Å². The van der Waals surface area contributed by atoms with Crippen LogP contribution in [0.15, 0.2) is 60.8 Å². The van der Waals surface area contributed by atoms with Gasteiger partial charge in [0.2, 0.25) is 0 Å². The molecule has 138 valence electrons. The highest BCUT2D eigenvalue weighted by molar-refractivity contribution is 6.30. The van der Waals surface area contributed by atoms with Crippen molar-refractivity contribution in [1.82, 2.24) is 9.88 Å². The highest BCUT2D eigenvalue weighted by atomic mass is 35.5. The Morgan fingerprint density at radius 1 is 1.07 bits per heavy atom. The second-order valence-electron chi connectivity index (χ2n) is 6.55. The monoisotopic (exact) mass is 390 g/mol. The molecule has 1 amide bonds. The molecule has 0 unspecified atom stereocenters. The summed E-state index contributed by atoms with van der Waals surface area (Å²) in [5.74, 6) is 4.99. The van der Waals surface area contributed by atoms with Gasteiger partial charge in [-0.2, -0.15) is 0 Å². The van der Waals surface area contributed by atoms with Gasteiger partial charge in [0.25, 0.3) is 5.91 Å². The van der Waals surface area contributed by atoms with Crippen LogP contribution in [-0.2, 0) is 13.0 Å². The Bertz CT molecular complexity index is 1100. The topological polar surface area (TPSA) is 33.2 Å². The molecule has 1 aliphatic rings. The maximum absolute atomic E-state index is 14.2. The molecule has 0 spiro atoms. The molecule has 0 bridgehead atoms. The van der Waals surface area contributed by atoms with Crippen molar-refractivity contribution in [2.45, 2.75) is 13.0 Å². The Labute approximate surface area is 167 Å². The number of amides is 1. The first-order valence-electron chi connectivity index (χ1n) is 8.89. The van der Waals surface area contributed by atoms with Crippen molar-refractivity contribution in [1.29, 1.82) is 0 Å². The molecule has 3 nitrogen and oxygen atoms in total. The number of fused-ring (bicyclic) bond motifs is 1. The third kappa shape index (κ3) is 3.90. The molecular formula is C23H16ClFN2O. The van der Waals surface area contributed by atoms with Gasteiger partial charge in [-0.05, 0) is 65.9 Å². The first kappa shape index (κ1) is 18.2. The van der Waals surface area contributed by atoms with Crippen LogP contribution in [0.25, 0.3) is 0 Å². The lowest BCUT2D eigenvalue weighted by Gasteiger charge is -2.29. The van der Waals surface area contributed by atoms with E-state index in [9.17, 15) is 9.18 Å². The Morgan fingerprint density at radius 2 is 1.96 bits per heavy atom. The average Bonchev–Trinajstić information content (AvgIpc) is 2.73. The van der Waals surface area contributed by atoms with Crippen LogP contribution in [0.1, 0.15) is 32.7 Å². The summed E-state index contributed by atoms with van der Waals surface area (Å²) in [6, 6.07) is 15.4. The normalized spacial score (nSPS) is 12.7. The molecule has 5 heteroatoms. The summed E-state index contributed by atoms with van der Waals surface area (Å²) in [6.07, 6.45) is 2.40. The molecule has 1 aromatic heterocycles. The minimum Gasteiger partial charge on any atom is -0.334 e. The summed E-state index contributed by atoms with van der Waals surface area (Å²) in [5, 5.41) is 0.655. The molecule has 0 N–H and O–H groups in total. The number of hydrogen-bond donors (Lipinski definition) is 0. The maximum Gasteiger partial charge on any atom is 0.254 e. The molecular weight excluding hydrogens is 375 g/mol. The summed E-state index contributed by atoms with van der Waals surface area (Å²) in [7, 11) is 0. The second-order valence-corrected chi connectivity index (χ2v) is 6.99. The smallest absolute Gasteiger partial charge is 0.254 e. The zero-order valence-corrected chi connectivity index (χ0v) is 15.7. The van der Waals surface area contributed by atoms with Crippen LogP contribution in [0.5, 0.6) is 0 Å². The molecule has 0 saturated carbocycles. The van der Waals surface area contributed by atoms with Gasteiger partial charge in [0.1, 0.15) is 11.5 Å². The van der Waals surface area contributed by atoms with Gasteiger partial charge in [-0.25, -0.2) is 9.37 Å². The number of rotatable bonds is 1. The van der Waals surface area contributed by atoms with Crippen LogP contribution in [-0.4, -0.2) is 22.3 Å². The molecule has 3 aromatic rings. The van der Waals surface area contributed by atoms with Gasteiger partial charge in [-0.3, -0.25) is 4.79 Å². The van der Waals surface area contributed by atoms with Gasteiger partial charge in [0.05, 0.1) is 5.56 Å². The highest BCUT2D eigenvalue weighted by Gasteiger charge is 2.22. The van der Waals surface area contributed by atoms with E-state index in [1.807, 2.05) is 24.3 Å². The van der Waals surface area contributed by atoms with Crippen LogP contribution in [0.4, 0.5) is 4.39 Å². The molecule has 0 saturated heterocycles. The van der Waals surface area contributed by atoms with Gasteiger partial charge in [0.15, 0.2) is 0 Å². The molecule has 0 fully saturated rings. The van der Waals surface area contributed by atoms with Gasteiger partial charge >= 0.3 is 0 Å². The molecule has 28 heavy (non-hydrogen) atoms. The lowest BCUT2D eigenvalue weighted by atomic mass is 9.99. The number of nitrogens with zero attached hydrogens (tertiary/aromatic N) is 2. The first-order valence-corrected chi connectivity index (χ1v) is 9.27.